The van der Waals surface area contributed by atoms with Crippen LogP contribution in [0.4, 0.5) is 11.4 Å². The van der Waals surface area contributed by atoms with Gasteiger partial charge in [0.05, 0.1) is 0 Å². The van der Waals surface area contributed by atoms with Gasteiger partial charge in [0, 0.05) is 0 Å². The zero-order chi connectivity index (χ0) is 29.0. The van der Waals surface area contributed by atoms with E-state index < -0.39 is 43.9 Å². The Morgan fingerprint density at radius 1 is 0.750 bits per heavy atom. The molecule has 4 aromatic rings. The van der Waals surface area contributed by atoms with Crippen LogP contribution in [0.1, 0.15) is 12.0 Å². The molecule has 1 N–H and O–H groups in total. The summed E-state index contributed by atoms with van der Waals surface area (Å²) in [6.45, 7) is -4.28. The summed E-state index contributed by atoms with van der Waals surface area (Å²) in [7, 11) is -4.07. The van der Waals surface area contributed by atoms with Gasteiger partial charge in [0.25, 0.3) is 0 Å². The number of nitro groups is 2. The average Bonchev–Trinajstić information content (AvgIpc) is 2.93. The van der Waals surface area contributed by atoms with E-state index in [1.165, 1.54) is 0 Å². The predicted octanol–water partition coefficient (Wildman–Crippen LogP) is 4.56. The van der Waals surface area contributed by atoms with Crippen LogP contribution in [-0.4, -0.2) is 35.8 Å². The standard InChI is InChI=1S/C28H27N2O8PS/c1-40(36,37)38-39(23-13-5-2-6-14-23,24-15-7-3-8-16-24,25-17-9-4-10-18-25)19-11-12-22-20-26(29(32)33)28(31)27(21-22)30(34)35/h2-10,13-18,20-21,31H,11-12,19H2,1H3. The van der Waals surface area contributed by atoms with Crippen molar-refractivity contribution in [1.82, 2.24) is 0 Å². The quantitative estimate of drug-likeness (QED) is 0.154. The van der Waals surface area contributed by atoms with Crippen LogP contribution in [0.2, 0.25) is 0 Å². The van der Waals surface area contributed by atoms with Crippen molar-refractivity contribution in [2.24, 2.45) is 0 Å². The maximum atomic E-state index is 13.1. The van der Waals surface area contributed by atoms with Gasteiger partial charge in [-0.15, -0.1) is 0 Å². The van der Waals surface area contributed by atoms with Gasteiger partial charge in [0.2, 0.25) is 0 Å². The van der Waals surface area contributed by atoms with Crippen LogP contribution in [0.25, 0.3) is 0 Å². The maximum absolute atomic E-state index is 13.1. The van der Waals surface area contributed by atoms with E-state index in [0.717, 1.165) is 18.4 Å². The molecule has 0 bridgehead atoms. The summed E-state index contributed by atoms with van der Waals surface area (Å²) < 4.78 is 32.6. The molecule has 40 heavy (non-hydrogen) atoms. The van der Waals surface area contributed by atoms with E-state index in [9.17, 15) is 33.8 Å². The van der Waals surface area contributed by atoms with Crippen molar-refractivity contribution in [3.05, 3.63) is 129 Å². The van der Waals surface area contributed by atoms with Crippen LogP contribution in [0.15, 0.2) is 103 Å². The third kappa shape index (κ3) is 5.31. The molecule has 0 saturated heterocycles. The number of benzene rings is 4. The van der Waals surface area contributed by atoms with E-state index in [4.69, 9.17) is 3.97 Å². The number of nitro benzene ring substituents is 2. The summed E-state index contributed by atoms with van der Waals surface area (Å²) >= 11 is 0. The van der Waals surface area contributed by atoms with Crippen molar-refractivity contribution >= 4 is 44.2 Å². The second kappa shape index (κ2) is 11.1. The Labute approximate surface area is 231 Å². The molecule has 4 aromatic carbocycles. The normalized spacial score (nSPS) is 12.8. The number of hydrogen-bond acceptors (Lipinski definition) is 8. The number of rotatable bonds is 11. The van der Waals surface area contributed by atoms with Gasteiger partial charge in [-0.05, 0) is 0 Å². The Morgan fingerprint density at radius 3 is 1.45 bits per heavy atom. The summed E-state index contributed by atoms with van der Waals surface area (Å²) in [5.41, 5.74) is -1.30. The third-order valence-electron chi connectivity index (χ3n) is 6.78. The molecule has 0 aliphatic rings. The molecule has 0 aromatic heterocycles. The molecule has 0 aliphatic carbocycles. The first-order valence-corrected chi connectivity index (χ1v) is 16.4. The SMILES string of the molecule is CS(=O)(=O)OP(CCCc1cc([N+](=O)[O-])c(O)c([N+](=O)[O-])c1)(c1ccccc1)(c1ccccc1)c1ccccc1. The van der Waals surface area contributed by atoms with Gasteiger partial charge in [-0.3, -0.25) is 0 Å². The van der Waals surface area contributed by atoms with E-state index in [1.54, 1.807) is 36.4 Å². The Kier molecular flexibility index (Phi) is 8.02. The first kappa shape index (κ1) is 28.8. The molecule has 0 atom stereocenters. The fraction of sp³-hybridized carbons (Fsp3) is 0.143. The average molecular weight is 583 g/mol. The molecule has 0 spiro atoms. The minimum atomic E-state index is -4.28. The zero-order valence-electron chi connectivity index (χ0n) is 21.5. The van der Waals surface area contributed by atoms with Crippen molar-refractivity contribution in [2.75, 3.05) is 12.4 Å². The van der Waals surface area contributed by atoms with Gasteiger partial charge in [-0.25, -0.2) is 0 Å². The second-order valence-electron chi connectivity index (χ2n) is 9.32. The number of phenols is 1. The van der Waals surface area contributed by atoms with Crippen molar-refractivity contribution in [3.8, 4) is 5.75 Å². The van der Waals surface area contributed by atoms with E-state index in [1.807, 2.05) is 54.6 Å². The molecule has 4 rings (SSSR count). The van der Waals surface area contributed by atoms with Crippen molar-refractivity contribution in [2.45, 2.75) is 12.8 Å². The molecule has 12 heteroatoms. The van der Waals surface area contributed by atoms with Gasteiger partial charge in [-0.1, -0.05) is 0 Å². The number of phenolic OH excluding ortho intramolecular Hbond substituents is 1. The number of hydrogen-bond donors (Lipinski definition) is 1. The number of aryl methyl sites for hydroxylation is 1. The predicted molar refractivity (Wildman–Crippen MR) is 156 cm³/mol. The molecule has 0 heterocycles. The zero-order valence-corrected chi connectivity index (χ0v) is 23.2. The van der Waals surface area contributed by atoms with Crippen LogP contribution in [-0.2, 0) is 20.5 Å². The van der Waals surface area contributed by atoms with Crippen LogP contribution in [0, 0.1) is 20.2 Å². The molecule has 0 radical (unpaired) electrons. The summed E-state index contributed by atoms with van der Waals surface area (Å²) in [6.07, 6.45) is 1.53. The molecule has 0 saturated carbocycles. The molecule has 0 aliphatic heterocycles. The Morgan fingerprint density at radius 2 is 1.12 bits per heavy atom. The molecule has 0 fully saturated rings. The molecular formula is C28H27N2O8PS. The summed E-state index contributed by atoms with van der Waals surface area (Å²) in [6, 6.07) is 29.5. The third-order valence-corrected chi connectivity index (χ3v) is 14.5. The van der Waals surface area contributed by atoms with Gasteiger partial charge in [0.1, 0.15) is 0 Å². The van der Waals surface area contributed by atoms with E-state index in [0.29, 0.717) is 15.9 Å². The van der Waals surface area contributed by atoms with Crippen LogP contribution in [0.5, 0.6) is 5.75 Å². The van der Waals surface area contributed by atoms with Gasteiger partial charge in [0.15, 0.2) is 0 Å². The van der Waals surface area contributed by atoms with Crippen molar-refractivity contribution < 1.29 is 27.3 Å². The molecule has 208 valence electrons. The van der Waals surface area contributed by atoms with E-state index >= 15 is 0 Å². The molecule has 0 unspecified atom stereocenters. The van der Waals surface area contributed by atoms with Gasteiger partial charge < -0.3 is 0 Å². The topological polar surface area (TPSA) is 150 Å². The monoisotopic (exact) mass is 582 g/mol. The van der Waals surface area contributed by atoms with Gasteiger partial charge in [-0.2, -0.15) is 0 Å². The molecule has 10 nitrogen and oxygen atoms in total. The van der Waals surface area contributed by atoms with Crippen molar-refractivity contribution in [1.29, 1.82) is 0 Å². The van der Waals surface area contributed by atoms with Crippen molar-refractivity contribution in [3.63, 3.8) is 0 Å². The Bertz CT molecular complexity index is 1520. The van der Waals surface area contributed by atoms with Crippen LogP contribution in [0.3, 0.4) is 0 Å². The molecular weight excluding hydrogens is 555 g/mol. The Hall–Kier alpha value is -4.18. The van der Waals surface area contributed by atoms with E-state index in [-0.39, 0.29) is 24.6 Å². The van der Waals surface area contributed by atoms with E-state index in [2.05, 4.69) is 0 Å². The van der Waals surface area contributed by atoms with Crippen LogP contribution >= 0.6 is 6.83 Å². The molecule has 0 amide bonds. The van der Waals surface area contributed by atoms with Gasteiger partial charge >= 0.3 is 232 Å². The fourth-order valence-corrected chi connectivity index (χ4v) is 13.8. The Balaban J connectivity index is 1.96. The fourth-order valence-electron chi connectivity index (χ4n) is 5.20. The van der Waals surface area contributed by atoms with Crippen LogP contribution < -0.4 is 15.9 Å². The first-order valence-electron chi connectivity index (χ1n) is 12.2. The number of aromatic hydroxyl groups is 1. The minimum absolute atomic E-state index is 0.111. The second-order valence-corrected chi connectivity index (χ2v) is 15.7. The summed E-state index contributed by atoms with van der Waals surface area (Å²) in [5, 5.41) is 35.0. The number of nitrogens with zero attached hydrogens (tertiary/aromatic N) is 2. The summed E-state index contributed by atoms with van der Waals surface area (Å²) in [5.74, 6) is -1.02. The summed E-state index contributed by atoms with van der Waals surface area (Å²) in [4.78, 5) is 21.2. The first-order chi connectivity index (χ1) is 19.0.